The molecule has 2 aliphatic heterocycles. The van der Waals surface area contributed by atoms with Gasteiger partial charge in [-0.05, 0) is 18.2 Å². The molecule has 4 amide bonds. The van der Waals surface area contributed by atoms with Gasteiger partial charge in [-0.15, -0.1) is 0 Å². The van der Waals surface area contributed by atoms with E-state index >= 15 is 0 Å². The normalized spacial score (nSPS) is 16.5. The number of morpholine rings is 1. The lowest BCUT2D eigenvalue weighted by molar-refractivity contribution is -0.122. The van der Waals surface area contributed by atoms with Crippen LogP contribution in [0.2, 0.25) is 0 Å². The molecule has 2 aliphatic rings. The van der Waals surface area contributed by atoms with Crippen LogP contribution in [0.1, 0.15) is 12.0 Å². The van der Waals surface area contributed by atoms with Crippen molar-refractivity contribution in [3.05, 3.63) is 54.5 Å². The number of imidazole rings is 1. The Morgan fingerprint density at radius 1 is 1.16 bits per heavy atom. The van der Waals surface area contributed by atoms with E-state index in [1.165, 1.54) is 0 Å². The van der Waals surface area contributed by atoms with Crippen molar-refractivity contribution in [3.63, 3.8) is 0 Å². The van der Waals surface area contributed by atoms with Gasteiger partial charge in [0, 0.05) is 61.0 Å². The minimum atomic E-state index is -4.52. The van der Waals surface area contributed by atoms with Crippen LogP contribution in [0.5, 0.6) is 0 Å². The van der Waals surface area contributed by atoms with Crippen LogP contribution < -0.4 is 16.0 Å². The monoisotopic (exact) mass is 610 g/mol. The number of fused-ring (bicyclic) bond motifs is 1. The number of urea groups is 2. The maximum absolute atomic E-state index is 12.8. The van der Waals surface area contributed by atoms with Crippen molar-refractivity contribution in [1.29, 1.82) is 10.7 Å². The highest BCUT2D eigenvalue weighted by Crippen LogP contribution is 2.28. The molecule has 44 heavy (non-hydrogen) atoms. The Bertz CT molecular complexity index is 1620. The fourth-order valence-electron chi connectivity index (χ4n) is 4.96. The number of rotatable bonds is 8. The molecule has 4 heterocycles. The Hall–Kier alpha value is -5.17. The zero-order chi connectivity index (χ0) is 31.3. The van der Waals surface area contributed by atoms with E-state index in [2.05, 4.69) is 26.8 Å². The average Bonchev–Trinajstić information content (AvgIpc) is 3.42. The number of carbonyl (C=O) groups excluding carboxylic acids is 2. The van der Waals surface area contributed by atoms with E-state index < -0.39 is 24.3 Å². The average molecular weight is 611 g/mol. The number of hydrogen-bond donors (Lipinski definition) is 4. The second-order valence-electron chi connectivity index (χ2n) is 10.4. The van der Waals surface area contributed by atoms with Crippen molar-refractivity contribution in [1.82, 2.24) is 35.0 Å². The lowest BCUT2D eigenvalue weighted by atomic mass is 9.87. The summed E-state index contributed by atoms with van der Waals surface area (Å²) in [5.41, 5.74) is 2.33. The third-order valence-electron chi connectivity index (χ3n) is 7.21. The number of hydrogen-bond acceptors (Lipinski definition) is 8. The van der Waals surface area contributed by atoms with Crippen LogP contribution in [0.15, 0.2) is 48.9 Å². The Balaban J connectivity index is 1.28. The minimum Gasteiger partial charge on any atom is -0.380 e. The number of ether oxygens (including phenoxy) is 1. The molecule has 0 unspecified atom stereocenters. The van der Waals surface area contributed by atoms with Crippen molar-refractivity contribution in [2.24, 2.45) is 0 Å². The highest BCUT2D eigenvalue weighted by Gasteiger charge is 2.46. The van der Waals surface area contributed by atoms with Gasteiger partial charge in [0.2, 0.25) is 0 Å². The van der Waals surface area contributed by atoms with Gasteiger partial charge in [0.05, 0.1) is 49.3 Å². The molecule has 0 atom stereocenters. The van der Waals surface area contributed by atoms with Crippen molar-refractivity contribution in [3.8, 4) is 17.3 Å². The molecule has 2 aromatic heterocycles. The lowest BCUT2D eigenvalue weighted by Gasteiger charge is -2.50. The molecule has 230 valence electrons. The number of nitriles is 1. The third-order valence-corrected chi connectivity index (χ3v) is 7.21. The zero-order valence-corrected chi connectivity index (χ0v) is 23.4. The molecule has 0 bridgehead atoms. The molecular formula is C28H29F3N10O3. The standard InChI is InChI=1S/C28H29F3N10O3/c29-28(30,31)16-35-25(42)38-22-3-1-2-19(10-22)23-15-34-24-11-20(14-37-41(23)24)21(12-33)13-36-27(4-5-32)17-40(18-27)26(43)39-6-8-44-9-7-39/h1-3,10-15,33,36H,4,6-9,16-18H2,(H2,35,38,42)/b21-13+,33-12?. The van der Waals surface area contributed by atoms with Gasteiger partial charge in [0.15, 0.2) is 5.65 Å². The molecule has 3 aromatic rings. The summed E-state index contributed by atoms with van der Waals surface area (Å²) in [6.07, 6.45) is 1.55. The molecule has 13 nitrogen and oxygen atoms in total. The SMILES string of the molecule is N#CCC1(N/C=C(\C=N)c2cnn3c(-c4cccc(NC(=O)NCC(F)(F)F)c4)cnc3c2)CN(C(=O)N2CCOCC2)C1. The number of likely N-dealkylation sites (tertiary alicyclic amines) is 1. The summed E-state index contributed by atoms with van der Waals surface area (Å²) in [4.78, 5) is 32.5. The van der Waals surface area contributed by atoms with Gasteiger partial charge in [-0.1, -0.05) is 12.1 Å². The molecule has 16 heteroatoms. The molecule has 1 aromatic carbocycles. The van der Waals surface area contributed by atoms with Crippen LogP contribution in [0.4, 0.5) is 28.4 Å². The number of allylic oxidation sites excluding steroid dienone is 1. The van der Waals surface area contributed by atoms with Crippen LogP contribution in [0, 0.1) is 16.7 Å². The molecule has 0 aliphatic carbocycles. The van der Waals surface area contributed by atoms with Gasteiger partial charge in [0.1, 0.15) is 6.54 Å². The second kappa shape index (κ2) is 12.6. The van der Waals surface area contributed by atoms with Gasteiger partial charge in [-0.3, -0.25) is 0 Å². The van der Waals surface area contributed by atoms with Gasteiger partial charge < -0.3 is 35.9 Å². The van der Waals surface area contributed by atoms with Crippen molar-refractivity contribution >= 4 is 35.2 Å². The smallest absolute Gasteiger partial charge is 0.380 e. The van der Waals surface area contributed by atoms with Crippen molar-refractivity contribution in [2.75, 3.05) is 51.3 Å². The van der Waals surface area contributed by atoms with Crippen molar-refractivity contribution in [2.45, 2.75) is 18.1 Å². The third kappa shape index (κ3) is 6.89. The Morgan fingerprint density at radius 2 is 1.93 bits per heavy atom. The first-order valence-corrected chi connectivity index (χ1v) is 13.6. The first-order valence-electron chi connectivity index (χ1n) is 13.6. The van der Waals surface area contributed by atoms with Crippen LogP contribution in [-0.4, -0.2) is 100 Å². The number of aromatic nitrogens is 3. The Morgan fingerprint density at radius 3 is 2.64 bits per heavy atom. The highest BCUT2D eigenvalue weighted by atomic mass is 19.4. The number of benzene rings is 1. The van der Waals surface area contributed by atoms with Crippen LogP contribution in [0.25, 0.3) is 22.5 Å². The molecule has 0 saturated carbocycles. The van der Waals surface area contributed by atoms with Crippen molar-refractivity contribution < 1.29 is 27.5 Å². The van der Waals surface area contributed by atoms with E-state index in [1.54, 1.807) is 68.6 Å². The largest absolute Gasteiger partial charge is 0.405 e. The first kappa shape index (κ1) is 30.3. The highest BCUT2D eigenvalue weighted by molar-refractivity contribution is 6.08. The number of nitrogens with zero attached hydrogens (tertiary/aromatic N) is 6. The first-order chi connectivity index (χ1) is 21.1. The fourth-order valence-corrected chi connectivity index (χ4v) is 4.96. The Labute approximate surface area is 249 Å². The molecule has 0 spiro atoms. The number of nitrogens with one attached hydrogen (secondary N) is 4. The summed E-state index contributed by atoms with van der Waals surface area (Å²) in [7, 11) is 0. The molecule has 5 rings (SSSR count). The number of carbonyl (C=O) groups is 2. The predicted molar refractivity (Wildman–Crippen MR) is 154 cm³/mol. The lowest BCUT2D eigenvalue weighted by Crippen LogP contribution is -2.71. The predicted octanol–water partition coefficient (Wildman–Crippen LogP) is 3.08. The molecular weight excluding hydrogens is 581 g/mol. The second-order valence-corrected chi connectivity index (χ2v) is 10.4. The maximum Gasteiger partial charge on any atom is 0.405 e. The van der Waals surface area contributed by atoms with E-state index in [4.69, 9.17) is 10.1 Å². The van der Waals surface area contributed by atoms with Gasteiger partial charge in [0.25, 0.3) is 0 Å². The van der Waals surface area contributed by atoms with E-state index in [0.717, 1.165) is 6.21 Å². The summed E-state index contributed by atoms with van der Waals surface area (Å²) >= 11 is 0. The van der Waals surface area contributed by atoms with E-state index in [9.17, 15) is 28.0 Å². The molecule has 4 N–H and O–H groups in total. The fraction of sp³-hybridized carbons (Fsp3) is 0.357. The minimum absolute atomic E-state index is 0.0873. The summed E-state index contributed by atoms with van der Waals surface area (Å²) < 4.78 is 44.0. The maximum atomic E-state index is 12.8. The summed E-state index contributed by atoms with van der Waals surface area (Å²) in [6, 6.07) is 9.33. The van der Waals surface area contributed by atoms with E-state index in [-0.39, 0.29) is 18.1 Å². The number of halogens is 3. The Kier molecular flexibility index (Phi) is 8.67. The number of alkyl halides is 3. The van der Waals surface area contributed by atoms with Crippen LogP contribution >= 0.6 is 0 Å². The summed E-state index contributed by atoms with van der Waals surface area (Å²) in [5, 5.41) is 29.3. The van der Waals surface area contributed by atoms with Gasteiger partial charge in [-0.2, -0.15) is 23.5 Å². The van der Waals surface area contributed by atoms with Gasteiger partial charge >= 0.3 is 18.2 Å². The van der Waals surface area contributed by atoms with Crippen LogP contribution in [-0.2, 0) is 4.74 Å². The summed E-state index contributed by atoms with van der Waals surface area (Å²) in [5.74, 6) is 0. The van der Waals surface area contributed by atoms with E-state index in [0.29, 0.717) is 67.4 Å². The van der Waals surface area contributed by atoms with E-state index in [1.807, 2.05) is 0 Å². The quantitative estimate of drug-likeness (QED) is 0.285. The number of amides is 4. The zero-order valence-electron chi connectivity index (χ0n) is 23.4. The summed E-state index contributed by atoms with van der Waals surface area (Å²) in [6.45, 7) is 1.30. The molecule has 0 radical (unpaired) electrons. The topological polar surface area (TPSA) is 164 Å². The molecule has 2 saturated heterocycles. The van der Waals surface area contributed by atoms with Crippen LogP contribution in [0.3, 0.4) is 0 Å². The number of anilines is 1. The molecule has 2 fully saturated rings. The van der Waals surface area contributed by atoms with Gasteiger partial charge in [-0.25, -0.2) is 19.1 Å².